The van der Waals surface area contributed by atoms with Crippen molar-refractivity contribution < 1.29 is 21.6 Å². The van der Waals surface area contributed by atoms with Crippen LogP contribution in [0.1, 0.15) is 36.5 Å². The molecule has 0 radical (unpaired) electrons. The third kappa shape index (κ3) is 10.5. The first kappa shape index (κ1) is 33.2. The molecule has 0 atom stereocenters. The monoisotopic (exact) mass is 615 g/mol. The molecule has 0 spiro atoms. The molecule has 3 aromatic rings. The Balaban J connectivity index is 1.56. The Bertz CT molecular complexity index is 1430. The number of amides is 2. The zero-order valence-electron chi connectivity index (χ0n) is 24.6. The molecule has 0 bridgehead atoms. The van der Waals surface area contributed by atoms with Gasteiger partial charge in [0.05, 0.1) is 9.79 Å². The summed E-state index contributed by atoms with van der Waals surface area (Å²) in [6.45, 7) is 9.42. The third-order valence-corrected chi connectivity index (χ3v) is 9.61. The average Bonchev–Trinajstić information content (AvgIpc) is 2.93. The first-order valence-electron chi connectivity index (χ1n) is 13.9. The number of sulfonamides is 2. The average molecular weight is 616 g/mol. The second-order valence-corrected chi connectivity index (χ2v) is 14.0. The van der Waals surface area contributed by atoms with Crippen LogP contribution in [0.25, 0.3) is 0 Å². The lowest BCUT2D eigenvalue weighted by molar-refractivity contribution is 0.246. The van der Waals surface area contributed by atoms with Crippen LogP contribution in [0.3, 0.4) is 0 Å². The van der Waals surface area contributed by atoms with Crippen molar-refractivity contribution in [2.75, 3.05) is 44.6 Å². The van der Waals surface area contributed by atoms with Crippen LogP contribution in [0.2, 0.25) is 0 Å². The standard InChI is InChI=1S/C30H41N5O5S2/c1-23(2)26-9-11-27(12-10-26)34-30(36)31-17-20-35(21-18-32-41(37,38)28-13-5-24(3)6-14-28)22-19-33-42(39,40)29-15-7-25(4)8-16-29/h5-16,23,32-33H,17-22H2,1-4H3,(H2,31,34,36). The minimum Gasteiger partial charge on any atom is -0.337 e. The van der Waals surface area contributed by atoms with Gasteiger partial charge in [0.1, 0.15) is 0 Å². The van der Waals surface area contributed by atoms with Crippen molar-refractivity contribution in [2.45, 2.75) is 43.4 Å². The van der Waals surface area contributed by atoms with Crippen LogP contribution in [0.4, 0.5) is 10.5 Å². The van der Waals surface area contributed by atoms with E-state index < -0.39 is 20.0 Å². The predicted molar refractivity (Wildman–Crippen MR) is 167 cm³/mol. The highest BCUT2D eigenvalue weighted by Gasteiger charge is 2.16. The highest BCUT2D eigenvalue weighted by molar-refractivity contribution is 7.89. The summed E-state index contributed by atoms with van der Waals surface area (Å²) >= 11 is 0. The summed E-state index contributed by atoms with van der Waals surface area (Å²) in [5, 5.41) is 5.61. The van der Waals surface area contributed by atoms with E-state index in [1.54, 1.807) is 48.5 Å². The quantitative estimate of drug-likeness (QED) is 0.205. The molecule has 2 amide bonds. The summed E-state index contributed by atoms with van der Waals surface area (Å²) in [6, 6.07) is 20.4. The van der Waals surface area contributed by atoms with Crippen LogP contribution in [-0.2, 0) is 20.0 Å². The summed E-state index contributed by atoms with van der Waals surface area (Å²) in [7, 11) is -7.40. The Morgan fingerprint density at radius 1 is 0.667 bits per heavy atom. The van der Waals surface area contributed by atoms with E-state index >= 15 is 0 Å². The molecule has 4 N–H and O–H groups in total. The smallest absolute Gasteiger partial charge is 0.319 e. The molecule has 0 fully saturated rings. The van der Waals surface area contributed by atoms with Crippen LogP contribution in [0.15, 0.2) is 82.6 Å². The van der Waals surface area contributed by atoms with Gasteiger partial charge in [-0.1, -0.05) is 61.4 Å². The number of nitrogens with zero attached hydrogens (tertiary/aromatic N) is 1. The molecule has 3 rings (SSSR count). The zero-order chi connectivity index (χ0) is 30.8. The van der Waals surface area contributed by atoms with Gasteiger partial charge in [-0.3, -0.25) is 4.90 Å². The Labute approximate surface area is 250 Å². The highest BCUT2D eigenvalue weighted by Crippen LogP contribution is 2.17. The second-order valence-electron chi connectivity index (χ2n) is 10.4. The molecule has 3 aromatic carbocycles. The number of aryl methyl sites for hydroxylation is 2. The van der Waals surface area contributed by atoms with Crippen LogP contribution >= 0.6 is 0 Å². The first-order chi connectivity index (χ1) is 19.9. The third-order valence-electron chi connectivity index (χ3n) is 6.65. The maximum absolute atomic E-state index is 12.7. The lowest BCUT2D eigenvalue weighted by atomic mass is 10.0. The normalized spacial score (nSPS) is 12.0. The fraction of sp³-hybridized carbons (Fsp3) is 0.367. The number of carbonyl (C=O) groups is 1. The van der Waals surface area contributed by atoms with E-state index in [-0.39, 0.29) is 35.5 Å². The number of hydrogen-bond donors (Lipinski definition) is 4. The largest absolute Gasteiger partial charge is 0.337 e. The Morgan fingerprint density at radius 2 is 1.10 bits per heavy atom. The van der Waals surface area contributed by atoms with E-state index in [0.717, 1.165) is 11.1 Å². The summed E-state index contributed by atoms with van der Waals surface area (Å²) in [5.74, 6) is 0.390. The number of nitrogens with one attached hydrogen (secondary N) is 4. The Hall–Kier alpha value is -3.29. The molecule has 0 heterocycles. The SMILES string of the molecule is Cc1ccc(S(=O)(=O)NCCN(CCNC(=O)Nc2ccc(C(C)C)cc2)CCNS(=O)(=O)c2ccc(C)cc2)cc1. The minimum absolute atomic E-state index is 0.106. The molecule has 10 nitrogen and oxygen atoms in total. The number of anilines is 1. The Morgan fingerprint density at radius 3 is 1.52 bits per heavy atom. The number of urea groups is 1. The van der Waals surface area contributed by atoms with Gasteiger partial charge in [-0.2, -0.15) is 0 Å². The topological polar surface area (TPSA) is 137 Å². The molecular formula is C30H41N5O5S2. The Kier molecular flexibility index (Phi) is 12.1. The molecule has 0 saturated carbocycles. The van der Waals surface area contributed by atoms with Crippen molar-refractivity contribution in [3.8, 4) is 0 Å². The van der Waals surface area contributed by atoms with Gasteiger partial charge < -0.3 is 10.6 Å². The van der Waals surface area contributed by atoms with Gasteiger partial charge in [-0.15, -0.1) is 0 Å². The van der Waals surface area contributed by atoms with E-state index in [0.29, 0.717) is 31.2 Å². The van der Waals surface area contributed by atoms with Crippen LogP contribution in [0, 0.1) is 13.8 Å². The first-order valence-corrected chi connectivity index (χ1v) is 16.8. The summed E-state index contributed by atoms with van der Waals surface area (Å²) in [5.41, 5.74) is 3.76. The van der Waals surface area contributed by atoms with Crippen LogP contribution < -0.4 is 20.1 Å². The molecule has 0 saturated heterocycles. The molecule has 0 unspecified atom stereocenters. The predicted octanol–water partition coefficient (Wildman–Crippen LogP) is 3.81. The number of benzene rings is 3. The fourth-order valence-electron chi connectivity index (χ4n) is 4.07. The second kappa shape index (κ2) is 15.3. The number of carbonyl (C=O) groups excluding carboxylic acids is 1. The molecule has 228 valence electrons. The van der Waals surface area contributed by atoms with Crippen molar-refractivity contribution in [2.24, 2.45) is 0 Å². The maximum Gasteiger partial charge on any atom is 0.319 e. The van der Waals surface area contributed by atoms with Gasteiger partial charge >= 0.3 is 6.03 Å². The van der Waals surface area contributed by atoms with Crippen molar-refractivity contribution in [1.29, 1.82) is 0 Å². The molecule has 0 aliphatic carbocycles. The summed E-state index contributed by atoms with van der Waals surface area (Å²) in [6.07, 6.45) is 0. The highest BCUT2D eigenvalue weighted by atomic mass is 32.2. The maximum atomic E-state index is 12.7. The molecule has 42 heavy (non-hydrogen) atoms. The van der Waals surface area contributed by atoms with Crippen LogP contribution in [-0.4, -0.2) is 67.0 Å². The van der Waals surface area contributed by atoms with Gasteiger partial charge in [-0.05, 0) is 61.7 Å². The van der Waals surface area contributed by atoms with Crippen LogP contribution in [0.5, 0.6) is 0 Å². The van der Waals surface area contributed by atoms with Crippen molar-refractivity contribution in [3.05, 3.63) is 89.5 Å². The van der Waals surface area contributed by atoms with Gasteiger partial charge in [0.25, 0.3) is 0 Å². The summed E-state index contributed by atoms with van der Waals surface area (Å²) < 4.78 is 56.0. The summed E-state index contributed by atoms with van der Waals surface area (Å²) in [4.78, 5) is 14.7. The van der Waals surface area contributed by atoms with E-state index in [9.17, 15) is 21.6 Å². The van der Waals surface area contributed by atoms with E-state index in [1.807, 2.05) is 43.0 Å². The van der Waals surface area contributed by atoms with Crippen molar-refractivity contribution in [3.63, 3.8) is 0 Å². The van der Waals surface area contributed by atoms with Gasteiger partial charge in [0.15, 0.2) is 0 Å². The molecule has 0 aliphatic heterocycles. The molecule has 12 heteroatoms. The van der Waals surface area contributed by atoms with E-state index in [2.05, 4.69) is 33.9 Å². The molecule has 0 aromatic heterocycles. The number of rotatable bonds is 15. The lowest BCUT2D eigenvalue weighted by Gasteiger charge is -2.23. The van der Waals surface area contributed by atoms with E-state index in [4.69, 9.17) is 0 Å². The lowest BCUT2D eigenvalue weighted by Crippen LogP contribution is -2.43. The zero-order valence-corrected chi connectivity index (χ0v) is 26.2. The molecule has 0 aliphatic rings. The van der Waals surface area contributed by atoms with Crippen molar-refractivity contribution >= 4 is 31.8 Å². The fourth-order valence-corrected chi connectivity index (χ4v) is 6.11. The number of hydrogen-bond acceptors (Lipinski definition) is 6. The van der Waals surface area contributed by atoms with E-state index in [1.165, 1.54) is 5.56 Å². The minimum atomic E-state index is -3.70. The van der Waals surface area contributed by atoms with Gasteiger partial charge in [0.2, 0.25) is 20.0 Å². The van der Waals surface area contributed by atoms with Crippen molar-refractivity contribution in [1.82, 2.24) is 19.7 Å². The van der Waals surface area contributed by atoms with Gasteiger partial charge in [-0.25, -0.2) is 31.1 Å². The molecular weight excluding hydrogens is 574 g/mol. The van der Waals surface area contributed by atoms with Gasteiger partial charge in [0, 0.05) is 45.0 Å².